The second-order valence-electron chi connectivity index (χ2n) is 5.40. The van der Waals surface area contributed by atoms with Gasteiger partial charge in [-0.15, -0.1) is 0 Å². The lowest BCUT2D eigenvalue weighted by atomic mass is 10.1. The number of nitrogens with zero attached hydrogens (tertiary/aromatic N) is 2. The van der Waals surface area contributed by atoms with Crippen LogP contribution in [-0.2, 0) is 6.54 Å². The molecule has 1 aromatic carbocycles. The zero-order chi connectivity index (χ0) is 15.4. The molecule has 0 saturated heterocycles. The summed E-state index contributed by atoms with van der Waals surface area (Å²) in [6.07, 6.45) is 3.26. The summed E-state index contributed by atoms with van der Waals surface area (Å²) in [5.41, 5.74) is 1.97. The maximum Gasteiger partial charge on any atom is 0.161 e. The molecule has 1 aliphatic rings. The van der Waals surface area contributed by atoms with Crippen molar-refractivity contribution in [1.29, 1.82) is 0 Å². The molecule has 0 unspecified atom stereocenters. The molecule has 2 N–H and O–H groups in total. The highest BCUT2D eigenvalue weighted by Gasteiger charge is 2.15. The summed E-state index contributed by atoms with van der Waals surface area (Å²) in [6, 6.07) is 5.56. The zero-order valence-corrected chi connectivity index (χ0v) is 12.7. The van der Waals surface area contributed by atoms with Gasteiger partial charge in [-0.25, -0.2) is 0 Å². The van der Waals surface area contributed by atoms with Crippen molar-refractivity contribution in [2.75, 3.05) is 26.3 Å². The Labute approximate surface area is 129 Å². The SMILES string of the molecule is Cc1cnn(CCNC[C@H](O)c2ccc3c(c2)OCCO3)c1. The van der Waals surface area contributed by atoms with Crippen molar-refractivity contribution in [2.24, 2.45) is 0 Å². The number of hydrogen-bond donors (Lipinski definition) is 2. The van der Waals surface area contributed by atoms with Gasteiger partial charge in [0.2, 0.25) is 0 Å². The fraction of sp³-hybridized carbons (Fsp3) is 0.438. The average Bonchev–Trinajstić information content (AvgIpc) is 2.96. The minimum absolute atomic E-state index is 0.486. The second-order valence-corrected chi connectivity index (χ2v) is 5.40. The predicted molar refractivity (Wildman–Crippen MR) is 82.2 cm³/mol. The van der Waals surface area contributed by atoms with Crippen LogP contribution in [-0.4, -0.2) is 41.2 Å². The highest BCUT2D eigenvalue weighted by atomic mass is 16.6. The number of aromatic nitrogens is 2. The van der Waals surface area contributed by atoms with Crippen molar-refractivity contribution in [2.45, 2.75) is 19.6 Å². The molecule has 0 amide bonds. The van der Waals surface area contributed by atoms with Gasteiger partial charge < -0.3 is 19.9 Å². The largest absolute Gasteiger partial charge is 0.486 e. The standard InChI is InChI=1S/C16H21N3O3/c1-12-9-18-19(11-12)5-4-17-10-14(20)13-2-3-15-16(8-13)22-7-6-21-15/h2-3,8-9,11,14,17,20H,4-7,10H2,1H3/t14-/m0/s1. The molecule has 0 fully saturated rings. The van der Waals surface area contributed by atoms with E-state index in [9.17, 15) is 5.11 Å². The normalized spacial score (nSPS) is 14.8. The van der Waals surface area contributed by atoms with Crippen LogP contribution in [0.25, 0.3) is 0 Å². The fourth-order valence-corrected chi connectivity index (χ4v) is 2.41. The molecule has 0 radical (unpaired) electrons. The van der Waals surface area contributed by atoms with E-state index in [1.54, 1.807) is 0 Å². The Hall–Kier alpha value is -2.05. The Morgan fingerprint density at radius 3 is 2.91 bits per heavy atom. The van der Waals surface area contributed by atoms with Crippen LogP contribution in [0.2, 0.25) is 0 Å². The van der Waals surface area contributed by atoms with Gasteiger partial charge in [-0.05, 0) is 30.2 Å². The van der Waals surface area contributed by atoms with Gasteiger partial charge >= 0.3 is 0 Å². The summed E-state index contributed by atoms with van der Waals surface area (Å²) < 4.78 is 12.9. The summed E-state index contributed by atoms with van der Waals surface area (Å²) in [5.74, 6) is 1.44. The number of aryl methyl sites for hydroxylation is 1. The third-order valence-corrected chi connectivity index (χ3v) is 3.57. The van der Waals surface area contributed by atoms with E-state index >= 15 is 0 Å². The van der Waals surface area contributed by atoms with Crippen LogP contribution >= 0.6 is 0 Å². The molecule has 0 spiro atoms. The maximum atomic E-state index is 10.2. The number of fused-ring (bicyclic) bond motifs is 1. The first-order chi connectivity index (χ1) is 10.7. The van der Waals surface area contributed by atoms with E-state index < -0.39 is 6.10 Å². The Morgan fingerprint density at radius 1 is 1.32 bits per heavy atom. The molecule has 118 valence electrons. The summed E-state index contributed by atoms with van der Waals surface area (Å²) in [6.45, 7) is 5.16. The first-order valence-corrected chi connectivity index (χ1v) is 7.50. The van der Waals surface area contributed by atoms with Crippen molar-refractivity contribution < 1.29 is 14.6 Å². The summed E-state index contributed by atoms with van der Waals surface area (Å²) in [5, 5.41) is 17.7. The van der Waals surface area contributed by atoms with Crippen LogP contribution in [0.3, 0.4) is 0 Å². The molecule has 1 aromatic heterocycles. The van der Waals surface area contributed by atoms with Crippen molar-refractivity contribution in [3.63, 3.8) is 0 Å². The number of nitrogens with one attached hydrogen (secondary N) is 1. The molecule has 6 heteroatoms. The number of rotatable bonds is 6. The lowest BCUT2D eigenvalue weighted by molar-refractivity contribution is 0.163. The van der Waals surface area contributed by atoms with Gasteiger partial charge in [-0.3, -0.25) is 4.68 Å². The van der Waals surface area contributed by atoms with Crippen LogP contribution < -0.4 is 14.8 Å². The van der Waals surface area contributed by atoms with Crippen LogP contribution in [0.1, 0.15) is 17.2 Å². The van der Waals surface area contributed by atoms with Gasteiger partial charge in [0.1, 0.15) is 13.2 Å². The highest BCUT2D eigenvalue weighted by molar-refractivity contribution is 5.44. The number of benzene rings is 1. The smallest absolute Gasteiger partial charge is 0.161 e. The van der Waals surface area contributed by atoms with Crippen molar-refractivity contribution in [1.82, 2.24) is 15.1 Å². The third kappa shape index (κ3) is 3.58. The van der Waals surface area contributed by atoms with Gasteiger partial charge in [0.15, 0.2) is 11.5 Å². The monoisotopic (exact) mass is 303 g/mol. The van der Waals surface area contributed by atoms with Gasteiger partial charge in [0.05, 0.1) is 18.8 Å². The second kappa shape index (κ2) is 6.81. The topological polar surface area (TPSA) is 68.5 Å². The molecule has 0 saturated carbocycles. The van der Waals surface area contributed by atoms with Crippen molar-refractivity contribution in [3.05, 3.63) is 41.7 Å². The quantitative estimate of drug-likeness (QED) is 0.787. The first kappa shape index (κ1) is 14.9. The van der Waals surface area contributed by atoms with E-state index in [0.29, 0.717) is 25.5 Å². The molecule has 1 atom stereocenters. The van der Waals surface area contributed by atoms with Crippen LogP contribution in [0.5, 0.6) is 11.5 Å². The Bertz CT molecular complexity index is 627. The molecular formula is C16H21N3O3. The van der Waals surface area contributed by atoms with Crippen LogP contribution in [0.4, 0.5) is 0 Å². The minimum atomic E-state index is -0.574. The summed E-state index contributed by atoms with van der Waals surface area (Å²) in [4.78, 5) is 0. The molecule has 1 aliphatic heterocycles. The Kier molecular flexibility index (Phi) is 4.60. The Balaban J connectivity index is 1.48. The first-order valence-electron chi connectivity index (χ1n) is 7.50. The van der Waals surface area contributed by atoms with Gasteiger partial charge in [-0.1, -0.05) is 6.07 Å². The number of hydrogen-bond acceptors (Lipinski definition) is 5. The van der Waals surface area contributed by atoms with Gasteiger partial charge in [0, 0.05) is 19.3 Å². The number of aliphatic hydroxyl groups is 1. The van der Waals surface area contributed by atoms with Crippen molar-refractivity contribution >= 4 is 0 Å². The lowest BCUT2D eigenvalue weighted by Gasteiger charge is -2.20. The van der Waals surface area contributed by atoms with E-state index in [2.05, 4.69) is 10.4 Å². The average molecular weight is 303 g/mol. The van der Waals surface area contributed by atoms with Gasteiger partial charge in [0.25, 0.3) is 0 Å². The molecule has 2 heterocycles. The predicted octanol–water partition coefficient (Wildman–Crippen LogP) is 1.29. The fourth-order valence-electron chi connectivity index (χ4n) is 2.41. The third-order valence-electron chi connectivity index (χ3n) is 3.57. The Morgan fingerprint density at radius 2 is 2.14 bits per heavy atom. The van der Waals surface area contributed by atoms with E-state index in [1.807, 2.05) is 42.2 Å². The summed E-state index contributed by atoms with van der Waals surface area (Å²) in [7, 11) is 0. The molecule has 6 nitrogen and oxygen atoms in total. The maximum absolute atomic E-state index is 10.2. The van der Waals surface area contributed by atoms with Crippen LogP contribution in [0.15, 0.2) is 30.6 Å². The zero-order valence-electron chi connectivity index (χ0n) is 12.7. The molecule has 22 heavy (non-hydrogen) atoms. The molecule has 2 aromatic rings. The molecular weight excluding hydrogens is 282 g/mol. The summed E-state index contributed by atoms with van der Waals surface area (Å²) >= 11 is 0. The number of aliphatic hydroxyl groups excluding tert-OH is 1. The van der Waals surface area contributed by atoms with Crippen LogP contribution in [0, 0.1) is 6.92 Å². The van der Waals surface area contributed by atoms with E-state index in [1.165, 1.54) is 0 Å². The number of ether oxygens (including phenoxy) is 2. The van der Waals surface area contributed by atoms with Gasteiger partial charge in [-0.2, -0.15) is 5.10 Å². The molecule has 0 aliphatic carbocycles. The van der Waals surface area contributed by atoms with E-state index in [0.717, 1.165) is 30.0 Å². The lowest BCUT2D eigenvalue weighted by Crippen LogP contribution is -2.25. The minimum Gasteiger partial charge on any atom is -0.486 e. The van der Waals surface area contributed by atoms with E-state index in [4.69, 9.17) is 9.47 Å². The van der Waals surface area contributed by atoms with E-state index in [-0.39, 0.29) is 0 Å². The van der Waals surface area contributed by atoms with Crippen molar-refractivity contribution in [3.8, 4) is 11.5 Å². The molecule has 0 bridgehead atoms. The highest BCUT2D eigenvalue weighted by Crippen LogP contribution is 2.32. The molecule has 3 rings (SSSR count).